The third kappa shape index (κ3) is 3.18. The summed E-state index contributed by atoms with van der Waals surface area (Å²) in [6.07, 6.45) is 0.540. The molecule has 1 fully saturated rings. The summed E-state index contributed by atoms with van der Waals surface area (Å²) >= 11 is 0. The van der Waals surface area contributed by atoms with Crippen LogP contribution in [-0.4, -0.2) is 36.5 Å². The van der Waals surface area contributed by atoms with E-state index >= 15 is 0 Å². The van der Waals surface area contributed by atoms with Gasteiger partial charge in [0.05, 0.1) is 19.3 Å². The molecule has 1 saturated heterocycles. The minimum atomic E-state index is -0.278. The summed E-state index contributed by atoms with van der Waals surface area (Å²) in [4.78, 5) is 0. The molecule has 66 valence electrons. The highest BCUT2D eigenvalue weighted by Crippen LogP contribution is 2.07. The Bertz CT molecular complexity index is 115. The lowest BCUT2D eigenvalue weighted by atomic mass is 10.1. The monoisotopic (exact) mass is 159 g/mol. The van der Waals surface area contributed by atoms with Crippen molar-refractivity contribution in [1.29, 1.82) is 0 Å². The van der Waals surface area contributed by atoms with E-state index < -0.39 is 0 Å². The van der Waals surface area contributed by atoms with Crippen LogP contribution in [-0.2, 0) is 4.74 Å². The quantitative estimate of drug-likeness (QED) is 0.602. The van der Waals surface area contributed by atoms with Gasteiger partial charge in [0.25, 0.3) is 0 Å². The second-order valence-corrected chi connectivity index (χ2v) is 3.45. The van der Waals surface area contributed by atoms with Crippen molar-refractivity contribution in [3.05, 3.63) is 0 Å². The van der Waals surface area contributed by atoms with Crippen LogP contribution in [0.25, 0.3) is 0 Å². The Morgan fingerprint density at radius 2 is 2.18 bits per heavy atom. The van der Waals surface area contributed by atoms with Gasteiger partial charge in [-0.05, 0) is 6.42 Å². The molecule has 0 bridgehead atoms. The van der Waals surface area contributed by atoms with Crippen molar-refractivity contribution in [1.82, 2.24) is 5.32 Å². The van der Waals surface area contributed by atoms with Gasteiger partial charge in [-0.1, -0.05) is 13.8 Å². The fraction of sp³-hybridized carbons (Fsp3) is 1.00. The maximum Gasteiger partial charge on any atom is 0.0789 e. The summed E-state index contributed by atoms with van der Waals surface area (Å²) in [6.45, 7) is 5.42. The molecule has 1 heterocycles. The molecule has 2 atom stereocenters. The lowest BCUT2D eigenvalue weighted by molar-refractivity contribution is -0.0244. The molecule has 0 amide bonds. The van der Waals surface area contributed by atoms with Gasteiger partial charge in [0.15, 0.2) is 0 Å². The third-order valence-corrected chi connectivity index (χ3v) is 1.75. The maximum absolute atomic E-state index is 9.23. The molecule has 0 saturated carbocycles. The maximum atomic E-state index is 9.23. The molecule has 0 aliphatic carbocycles. The molecule has 1 aliphatic heterocycles. The van der Waals surface area contributed by atoms with E-state index in [-0.39, 0.29) is 6.10 Å². The van der Waals surface area contributed by atoms with Gasteiger partial charge in [-0.3, -0.25) is 0 Å². The molecule has 0 aromatic heterocycles. The average Bonchev–Trinajstić information content (AvgIpc) is 1.85. The zero-order valence-electron chi connectivity index (χ0n) is 7.21. The molecule has 0 radical (unpaired) electrons. The van der Waals surface area contributed by atoms with Gasteiger partial charge in [0, 0.05) is 12.1 Å². The van der Waals surface area contributed by atoms with Gasteiger partial charge in [-0.2, -0.15) is 0 Å². The molecule has 3 heteroatoms. The molecular formula is C8H17NO2. The van der Waals surface area contributed by atoms with Crippen molar-refractivity contribution in [2.24, 2.45) is 0 Å². The van der Waals surface area contributed by atoms with E-state index in [0.717, 1.165) is 13.0 Å². The molecule has 2 unspecified atom stereocenters. The third-order valence-electron chi connectivity index (χ3n) is 1.75. The highest BCUT2D eigenvalue weighted by Gasteiger charge is 2.20. The predicted octanol–water partition coefficient (Wildman–Crippen LogP) is 0.134. The fourth-order valence-corrected chi connectivity index (χ4v) is 1.40. The average molecular weight is 159 g/mol. The van der Waals surface area contributed by atoms with E-state index in [1.807, 2.05) is 0 Å². The molecule has 1 aliphatic rings. The van der Waals surface area contributed by atoms with Gasteiger partial charge >= 0.3 is 0 Å². The predicted molar refractivity (Wildman–Crippen MR) is 43.5 cm³/mol. The van der Waals surface area contributed by atoms with E-state index in [0.29, 0.717) is 18.7 Å². The molecule has 0 spiro atoms. The van der Waals surface area contributed by atoms with Crippen LogP contribution in [0.15, 0.2) is 0 Å². The standard InChI is InChI=1S/C8H17NO2/c1-6(2)9-7-3-8(10)5-11-4-7/h6-10H,3-5H2,1-2H3. The Hall–Kier alpha value is -0.120. The van der Waals surface area contributed by atoms with Crippen molar-refractivity contribution in [3.63, 3.8) is 0 Å². The topological polar surface area (TPSA) is 41.5 Å². The fourth-order valence-electron chi connectivity index (χ4n) is 1.40. The van der Waals surface area contributed by atoms with Gasteiger partial charge in [0.1, 0.15) is 0 Å². The number of ether oxygens (including phenoxy) is 1. The van der Waals surface area contributed by atoms with Crippen LogP contribution in [0.2, 0.25) is 0 Å². The second kappa shape index (κ2) is 4.04. The lowest BCUT2D eigenvalue weighted by Gasteiger charge is -2.28. The molecule has 0 aromatic carbocycles. The Labute approximate surface area is 67.7 Å². The number of rotatable bonds is 2. The van der Waals surface area contributed by atoms with Crippen LogP contribution in [0.3, 0.4) is 0 Å². The van der Waals surface area contributed by atoms with E-state index in [4.69, 9.17) is 4.74 Å². The lowest BCUT2D eigenvalue weighted by Crippen LogP contribution is -2.45. The number of aliphatic hydroxyl groups excluding tert-OH is 1. The van der Waals surface area contributed by atoms with E-state index in [1.165, 1.54) is 0 Å². The minimum absolute atomic E-state index is 0.278. The smallest absolute Gasteiger partial charge is 0.0789 e. The first kappa shape index (κ1) is 8.97. The summed E-state index contributed by atoms with van der Waals surface area (Å²) in [5.41, 5.74) is 0. The highest BCUT2D eigenvalue weighted by molar-refractivity contribution is 4.76. The first-order valence-corrected chi connectivity index (χ1v) is 4.20. The van der Waals surface area contributed by atoms with E-state index in [2.05, 4.69) is 19.2 Å². The Kier molecular flexibility index (Phi) is 3.30. The van der Waals surface area contributed by atoms with Gasteiger partial charge in [-0.25, -0.2) is 0 Å². The summed E-state index contributed by atoms with van der Waals surface area (Å²) in [5, 5.41) is 12.6. The van der Waals surface area contributed by atoms with Crippen LogP contribution < -0.4 is 5.32 Å². The van der Waals surface area contributed by atoms with E-state index in [9.17, 15) is 5.11 Å². The van der Waals surface area contributed by atoms with Crippen LogP contribution in [0, 0.1) is 0 Å². The Morgan fingerprint density at radius 1 is 1.45 bits per heavy atom. The summed E-state index contributed by atoms with van der Waals surface area (Å²) in [5.74, 6) is 0. The molecular weight excluding hydrogens is 142 g/mol. The van der Waals surface area contributed by atoms with Gasteiger partial charge < -0.3 is 15.2 Å². The zero-order chi connectivity index (χ0) is 8.27. The summed E-state index contributed by atoms with van der Waals surface area (Å²) < 4.78 is 5.18. The van der Waals surface area contributed by atoms with Crippen molar-refractivity contribution in [3.8, 4) is 0 Å². The van der Waals surface area contributed by atoms with Crippen molar-refractivity contribution >= 4 is 0 Å². The first-order valence-electron chi connectivity index (χ1n) is 4.20. The Balaban J connectivity index is 2.23. The number of hydrogen-bond donors (Lipinski definition) is 2. The second-order valence-electron chi connectivity index (χ2n) is 3.45. The van der Waals surface area contributed by atoms with E-state index in [1.54, 1.807) is 0 Å². The van der Waals surface area contributed by atoms with Crippen LogP contribution in [0.5, 0.6) is 0 Å². The summed E-state index contributed by atoms with van der Waals surface area (Å²) in [6, 6.07) is 0.799. The molecule has 11 heavy (non-hydrogen) atoms. The van der Waals surface area contributed by atoms with Crippen LogP contribution >= 0.6 is 0 Å². The van der Waals surface area contributed by atoms with Gasteiger partial charge in [0.2, 0.25) is 0 Å². The number of aliphatic hydroxyl groups is 1. The Morgan fingerprint density at radius 3 is 2.73 bits per heavy atom. The summed E-state index contributed by atoms with van der Waals surface area (Å²) in [7, 11) is 0. The molecule has 1 rings (SSSR count). The SMILES string of the molecule is CC(C)NC1COCC(O)C1. The van der Waals surface area contributed by atoms with Crippen molar-refractivity contribution in [2.45, 2.75) is 38.5 Å². The molecule has 2 N–H and O–H groups in total. The normalized spacial score (nSPS) is 32.7. The number of hydrogen-bond acceptors (Lipinski definition) is 3. The van der Waals surface area contributed by atoms with Crippen LogP contribution in [0.4, 0.5) is 0 Å². The van der Waals surface area contributed by atoms with Crippen LogP contribution in [0.1, 0.15) is 20.3 Å². The van der Waals surface area contributed by atoms with Crippen molar-refractivity contribution in [2.75, 3.05) is 13.2 Å². The number of nitrogens with one attached hydrogen (secondary N) is 1. The van der Waals surface area contributed by atoms with Crippen molar-refractivity contribution < 1.29 is 9.84 Å². The molecule has 3 nitrogen and oxygen atoms in total. The molecule has 0 aromatic rings. The minimum Gasteiger partial charge on any atom is -0.391 e. The van der Waals surface area contributed by atoms with Gasteiger partial charge in [-0.15, -0.1) is 0 Å². The zero-order valence-corrected chi connectivity index (χ0v) is 7.21. The first-order chi connectivity index (χ1) is 5.18. The largest absolute Gasteiger partial charge is 0.391 e. The highest BCUT2D eigenvalue weighted by atomic mass is 16.5.